The number of hydrogen-bond donors (Lipinski definition) is 1. The topological polar surface area (TPSA) is 102 Å². The third kappa shape index (κ3) is 5.21. The first-order chi connectivity index (χ1) is 17.1. The molecule has 4 heterocycles. The van der Waals surface area contributed by atoms with E-state index in [0.717, 1.165) is 60.3 Å². The molecule has 2 atom stereocenters. The number of H-pyrrole nitrogens is 1. The molecule has 1 fully saturated rings. The molecule has 3 aromatic heterocycles. The first-order valence-electron chi connectivity index (χ1n) is 12.4. The lowest BCUT2D eigenvalue weighted by molar-refractivity contribution is 0.0878. The molecule has 0 unspecified atom stereocenters. The summed E-state index contributed by atoms with van der Waals surface area (Å²) in [5, 5.41) is 13.8. The molecule has 35 heavy (non-hydrogen) atoms. The van der Waals surface area contributed by atoms with E-state index in [0.29, 0.717) is 25.2 Å². The van der Waals surface area contributed by atoms with E-state index in [9.17, 15) is 4.79 Å². The molecule has 0 amide bonds. The second kappa shape index (κ2) is 10.5. The van der Waals surface area contributed by atoms with E-state index >= 15 is 0 Å². The van der Waals surface area contributed by atoms with E-state index in [1.54, 1.807) is 6.26 Å². The van der Waals surface area contributed by atoms with Crippen LogP contribution in [0, 0.1) is 6.92 Å². The minimum atomic E-state index is -0.0888. The molecule has 9 heteroatoms. The Morgan fingerprint density at radius 1 is 1.26 bits per heavy atom. The summed E-state index contributed by atoms with van der Waals surface area (Å²) in [6.45, 7) is 6.56. The number of rotatable bonds is 10. The molecule has 0 radical (unpaired) electrons. The molecule has 0 bridgehead atoms. The number of tetrazole rings is 1. The van der Waals surface area contributed by atoms with Gasteiger partial charge < -0.3 is 14.1 Å². The third-order valence-corrected chi connectivity index (χ3v) is 6.74. The predicted octanol–water partition coefficient (Wildman–Crippen LogP) is 4.14. The van der Waals surface area contributed by atoms with Crippen LogP contribution in [0.4, 0.5) is 0 Å². The Kier molecular flexibility index (Phi) is 7.06. The summed E-state index contributed by atoms with van der Waals surface area (Å²) in [6.07, 6.45) is 5.67. The summed E-state index contributed by atoms with van der Waals surface area (Å²) < 4.78 is 13.4. The van der Waals surface area contributed by atoms with Gasteiger partial charge in [0.1, 0.15) is 5.76 Å². The van der Waals surface area contributed by atoms with Crippen LogP contribution in [-0.4, -0.2) is 42.8 Å². The van der Waals surface area contributed by atoms with Gasteiger partial charge >= 0.3 is 0 Å². The third-order valence-electron chi connectivity index (χ3n) is 6.74. The van der Waals surface area contributed by atoms with Crippen molar-refractivity contribution in [2.45, 2.75) is 71.3 Å². The van der Waals surface area contributed by atoms with Crippen LogP contribution in [0.3, 0.4) is 0 Å². The van der Waals surface area contributed by atoms with Crippen LogP contribution in [0.5, 0.6) is 0 Å². The normalized spacial score (nSPS) is 16.9. The summed E-state index contributed by atoms with van der Waals surface area (Å²) >= 11 is 0. The van der Waals surface area contributed by atoms with Crippen LogP contribution in [0.15, 0.2) is 51.9 Å². The largest absolute Gasteiger partial charge is 0.468 e. The second-order valence-corrected chi connectivity index (χ2v) is 9.31. The van der Waals surface area contributed by atoms with Crippen molar-refractivity contribution in [3.63, 3.8) is 0 Å². The highest BCUT2D eigenvalue weighted by Gasteiger charge is 2.29. The van der Waals surface area contributed by atoms with Crippen molar-refractivity contribution in [2.75, 3.05) is 6.61 Å². The molecule has 0 saturated carbocycles. The monoisotopic (exact) mass is 476 g/mol. The van der Waals surface area contributed by atoms with Crippen LogP contribution in [0.25, 0.3) is 10.9 Å². The van der Waals surface area contributed by atoms with Crippen molar-refractivity contribution in [3.05, 3.63) is 75.7 Å². The summed E-state index contributed by atoms with van der Waals surface area (Å²) in [5.74, 6) is 1.62. The number of fused-ring (bicyclic) bond motifs is 1. The summed E-state index contributed by atoms with van der Waals surface area (Å²) in [5.41, 5.74) is 2.56. The first-order valence-corrected chi connectivity index (χ1v) is 12.4. The zero-order chi connectivity index (χ0) is 24.2. The Bertz CT molecular complexity index is 1310. The molecule has 0 aliphatic carbocycles. The van der Waals surface area contributed by atoms with Gasteiger partial charge in [-0.2, -0.15) is 0 Å². The van der Waals surface area contributed by atoms with Gasteiger partial charge in [-0.15, -0.1) is 5.10 Å². The highest BCUT2D eigenvalue weighted by atomic mass is 16.5. The number of nitrogens with one attached hydrogen (secondary N) is 1. The van der Waals surface area contributed by atoms with Crippen molar-refractivity contribution in [2.24, 2.45) is 0 Å². The molecule has 1 saturated heterocycles. The first kappa shape index (κ1) is 23.4. The average Bonchev–Trinajstić information content (AvgIpc) is 3.63. The smallest absolute Gasteiger partial charge is 0.252 e. The van der Waals surface area contributed by atoms with E-state index in [1.165, 1.54) is 0 Å². The van der Waals surface area contributed by atoms with Crippen LogP contribution < -0.4 is 5.56 Å². The molecular formula is C26H32N6O3. The van der Waals surface area contributed by atoms with E-state index in [-0.39, 0.29) is 17.7 Å². The van der Waals surface area contributed by atoms with Crippen molar-refractivity contribution in [1.82, 2.24) is 30.1 Å². The number of furan rings is 1. The summed E-state index contributed by atoms with van der Waals surface area (Å²) in [6, 6.07) is 11.8. The fourth-order valence-corrected chi connectivity index (χ4v) is 4.95. The highest BCUT2D eigenvalue weighted by Crippen LogP contribution is 2.29. The van der Waals surface area contributed by atoms with Crippen LogP contribution in [0.1, 0.15) is 61.4 Å². The highest BCUT2D eigenvalue weighted by molar-refractivity contribution is 5.81. The second-order valence-electron chi connectivity index (χ2n) is 9.31. The van der Waals surface area contributed by atoms with Crippen LogP contribution >= 0.6 is 0 Å². The van der Waals surface area contributed by atoms with E-state index in [2.05, 4.69) is 32.3 Å². The number of pyridine rings is 1. The zero-order valence-electron chi connectivity index (χ0n) is 20.3. The molecule has 4 aromatic rings. The van der Waals surface area contributed by atoms with Crippen molar-refractivity contribution in [3.8, 4) is 0 Å². The number of para-hydroxylation sites is 1. The maximum Gasteiger partial charge on any atom is 0.252 e. The molecule has 1 aliphatic rings. The lowest BCUT2D eigenvalue weighted by Gasteiger charge is -2.30. The molecule has 1 aromatic carbocycles. The van der Waals surface area contributed by atoms with Gasteiger partial charge in [0, 0.05) is 18.7 Å². The molecule has 0 spiro atoms. The number of nitrogens with zero attached hydrogens (tertiary/aromatic N) is 5. The molecule has 5 rings (SSSR count). The number of ether oxygens (including phenoxy) is 1. The Labute approximate surface area is 204 Å². The molecule has 1 aliphatic heterocycles. The SMILES string of the molecule is CCC[C@@H](c1nnnn1C[C@@H]1CCCO1)N(Cc1ccco1)Cc1cc2cccc(C)c2[nH]c1=O. The number of aromatic nitrogens is 5. The fraction of sp³-hybridized carbons (Fsp3) is 0.462. The molecule has 1 N–H and O–H groups in total. The van der Waals surface area contributed by atoms with Gasteiger partial charge in [-0.25, -0.2) is 4.68 Å². The summed E-state index contributed by atoms with van der Waals surface area (Å²) in [7, 11) is 0. The standard InChI is InChI=1S/C26H32N6O3/c1-3-7-23(25-28-29-30-32(25)17-22-11-6-13-35-22)31(16-21-10-5-12-34-21)15-20-14-19-9-4-8-18(2)24(19)27-26(20)33/h4-5,8-10,12,14,22-23H,3,6-7,11,13,15-17H2,1-2H3,(H,27,33)/t22-,23-/m0/s1. The Morgan fingerprint density at radius 2 is 2.17 bits per heavy atom. The quantitative estimate of drug-likeness (QED) is 0.367. The fourth-order valence-electron chi connectivity index (χ4n) is 4.95. The van der Waals surface area contributed by atoms with Crippen molar-refractivity contribution >= 4 is 10.9 Å². The number of aromatic amines is 1. The number of hydrogen-bond acceptors (Lipinski definition) is 7. The van der Waals surface area contributed by atoms with Gasteiger partial charge in [0.05, 0.1) is 37.0 Å². The Morgan fingerprint density at radius 3 is 2.94 bits per heavy atom. The maximum atomic E-state index is 13.1. The van der Waals surface area contributed by atoms with E-state index in [1.807, 2.05) is 48.0 Å². The molecule has 9 nitrogen and oxygen atoms in total. The van der Waals surface area contributed by atoms with Gasteiger partial charge in [0.15, 0.2) is 5.82 Å². The predicted molar refractivity (Wildman–Crippen MR) is 132 cm³/mol. The summed E-state index contributed by atoms with van der Waals surface area (Å²) in [4.78, 5) is 18.5. The minimum Gasteiger partial charge on any atom is -0.468 e. The van der Waals surface area contributed by atoms with Gasteiger partial charge in [-0.05, 0) is 65.8 Å². The maximum absolute atomic E-state index is 13.1. The van der Waals surface area contributed by atoms with Gasteiger partial charge in [0.25, 0.3) is 5.56 Å². The Hall–Kier alpha value is -3.30. The van der Waals surface area contributed by atoms with E-state index < -0.39 is 0 Å². The lowest BCUT2D eigenvalue weighted by atomic mass is 10.1. The molecule has 184 valence electrons. The van der Waals surface area contributed by atoms with Crippen molar-refractivity contribution < 1.29 is 9.15 Å². The number of benzene rings is 1. The van der Waals surface area contributed by atoms with Gasteiger partial charge in [-0.1, -0.05) is 31.5 Å². The van der Waals surface area contributed by atoms with E-state index in [4.69, 9.17) is 9.15 Å². The van der Waals surface area contributed by atoms with Crippen LogP contribution in [0.2, 0.25) is 0 Å². The molecular weight excluding hydrogens is 444 g/mol. The minimum absolute atomic E-state index is 0.0783. The average molecular weight is 477 g/mol. The Balaban J connectivity index is 1.50. The van der Waals surface area contributed by atoms with Crippen LogP contribution in [-0.2, 0) is 24.4 Å². The lowest BCUT2D eigenvalue weighted by Crippen LogP contribution is -2.33. The van der Waals surface area contributed by atoms with Crippen molar-refractivity contribution in [1.29, 1.82) is 0 Å². The van der Waals surface area contributed by atoms with Gasteiger partial charge in [-0.3, -0.25) is 9.69 Å². The zero-order valence-corrected chi connectivity index (χ0v) is 20.3. The number of aryl methyl sites for hydroxylation is 1. The van der Waals surface area contributed by atoms with Gasteiger partial charge in [0.2, 0.25) is 0 Å².